The van der Waals surface area contributed by atoms with Gasteiger partial charge in [-0.2, -0.15) is 0 Å². The molecule has 0 radical (unpaired) electrons. The Balaban J connectivity index is 2.39. The number of rotatable bonds is 3. The molecule has 5 nitrogen and oxygen atoms in total. The minimum Gasteiger partial charge on any atom is -0.322 e. The molecule has 0 spiro atoms. The fourth-order valence-electron chi connectivity index (χ4n) is 1.59. The molecular weight excluding hydrogens is 270 g/mol. The van der Waals surface area contributed by atoms with Crippen LogP contribution in [0.2, 0.25) is 0 Å². The van der Waals surface area contributed by atoms with Crippen LogP contribution in [0.3, 0.4) is 0 Å². The average molecular weight is 278 g/mol. The van der Waals surface area contributed by atoms with E-state index in [2.05, 4.69) is 5.32 Å². The Morgan fingerprint density at radius 2 is 1.70 bits per heavy atom. The number of amides is 1. The van der Waals surface area contributed by atoms with Gasteiger partial charge in [0.15, 0.2) is 11.6 Å². The van der Waals surface area contributed by atoms with Crippen LogP contribution >= 0.6 is 0 Å². The number of hydrogen-bond donors (Lipinski definition) is 1. The number of nitrogens with one attached hydrogen (secondary N) is 1. The predicted molar refractivity (Wildman–Crippen MR) is 67.4 cm³/mol. The first kappa shape index (κ1) is 13.6. The quantitative estimate of drug-likeness (QED) is 0.692. The van der Waals surface area contributed by atoms with Gasteiger partial charge in [-0.25, -0.2) is 8.78 Å². The van der Waals surface area contributed by atoms with Crippen molar-refractivity contribution in [3.63, 3.8) is 0 Å². The summed E-state index contributed by atoms with van der Waals surface area (Å²) in [5.74, 6) is -3.59. The molecule has 7 heteroatoms. The number of nitro benzene ring substituents is 1. The number of para-hydroxylation sites is 1. The van der Waals surface area contributed by atoms with E-state index in [1.165, 1.54) is 0 Å². The molecule has 0 bridgehead atoms. The van der Waals surface area contributed by atoms with Gasteiger partial charge in [0.1, 0.15) is 5.56 Å². The molecule has 0 saturated carbocycles. The number of nitro groups is 1. The van der Waals surface area contributed by atoms with Crippen LogP contribution in [0, 0.1) is 21.7 Å². The summed E-state index contributed by atoms with van der Waals surface area (Å²) in [5, 5.41) is 13.1. The van der Waals surface area contributed by atoms with Crippen molar-refractivity contribution in [3.8, 4) is 0 Å². The van der Waals surface area contributed by atoms with E-state index in [9.17, 15) is 23.7 Å². The number of benzene rings is 2. The molecule has 0 atom stereocenters. The molecule has 0 heterocycles. The maximum absolute atomic E-state index is 13.1. The number of anilines is 1. The topological polar surface area (TPSA) is 72.2 Å². The molecular formula is C13H8F2N2O3. The molecule has 0 aliphatic rings. The zero-order chi connectivity index (χ0) is 14.7. The van der Waals surface area contributed by atoms with Crippen molar-refractivity contribution in [2.24, 2.45) is 0 Å². The average Bonchev–Trinajstić information content (AvgIpc) is 2.42. The van der Waals surface area contributed by atoms with Gasteiger partial charge in [0.2, 0.25) is 0 Å². The minimum absolute atomic E-state index is 0.384. The minimum atomic E-state index is -1.38. The first-order chi connectivity index (χ1) is 9.49. The summed E-state index contributed by atoms with van der Waals surface area (Å²) >= 11 is 0. The normalized spacial score (nSPS) is 10.1. The smallest absolute Gasteiger partial charge is 0.285 e. The van der Waals surface area contributed by atoms with E-state index in [0.717, 1.165) is 0 Å². The van der Waals surface area contributed by atoms with Gasteiger partial charge in [0, 0.05) is 5.69 Å². The highest BCUT2D eigenvalue weighted by Gasteiger charge is 2.23. The first-order valence-corrected chi connectivity index (χ1v) is 5.49. The molecule has 0 aliphatic heterocycles. The Morgan fingerprint density at radius 1 is 1.10 bits per heavy atom. The van der Waals surface area contributed by atoms with Crippen LogP contribution in [0.4, 0.5) is 20.2 Å². The Morgan fingerprint density at radius 3 is 2.30 bits per heavy atom. The highest BCUT2D eigenvalue weighted by atomic mass is 19.2. The van der Waals surface area contributed by atoms with E-state index in [1.54, 1.807) is 30.3 Å². The lowest BCUT2D eigenvalue weighted by atomic mass is 10.1. The van der Waals surface area contributed by atoms with Crippen LogP contribution in [0.5, 0.6) is 0 Å². The molecule has 2 rings (SSSR count). The summed E-state index contributed by atoms with van der Waals surface area (Å²) in [6, 6.07) is 9.02. The van der Waals surface area contributed by atoms with Gasteiger partial charge in [0.05, 0.1) is 11.0 Å². The number of nitrogens with zero attached hydrogens (tertiary/aromatic N) is 1. The van der Waals surface area contributed by atoms with Gasteiger partial charge < -0.3 is 5.32 Å². The van der Waals surface area contributed by atoms with Crippen molar-refractivity contribution in [3.05, 3.63) is 69.8 Å². The van der Waals surface area contributed by atoms with E-state index in [0.29, 0.717) is 17.8 Å². The first-order valence-electron chi connectivity index (χ1n) is 5.49. The highest BCUT2D eigenvalue weighted by Crippen LogP contribution is 2.23. The van der Waals surface area contributed by atoms with Gasteiger partial charge in [-0.1, -0.05) is 18.2 Å². The van der Waals surface area contributed by atoms with Crippen molar-refractivity contribution in [2.45, 2.75) is 0 Å². The SMILES string of the molecule is O=C(Nc1ccccc1)c1cc(F)c(F)cc1[N+](=O)[O-]. The third kappa shape index (κ3) is 2.77. The van der Waals surface area contributed by atoms with Crippen molar-refractivity contribution >= 4 is 17.3 Å². The lowest BCUT2D eigenvalue weighted by molar-refractivity contribution is -0.385. The zero-order valence-corrected chi connectivity index (χ0v) is 9.97. The van der Waals surface area contributed by atoms with E-state index >= 15 is 0 Å². The number of hydrogen-bond acceptors (Lipinski definition) is 3. The highest BCUT2D eigenvalue weighted by molar-refractivity contribution is 6.07. The van der Waals surface area contributed by atoms with Gasteiger partial charge in [-0.3, -0.25) is 14.9 Å². The molecule has 1 N–H and O–H groups in total. The van der Waals surface area contributed by atoms with Gasteiger partial charge in [-0.15, -0.1) is 0 Å². The molecule has 0 aromatic heterocycles. The molecule has 2 aromatic rings. The van der Waals surface area contributed by atoms with Crippen LogP contribution in [0.1, 0.15) is 10.4 Å². The second kappa shape index (κ2) is 5.43. The molecule has 2 aromatic carbocycles. The Hall–Kier alpha value is -2.83. The van der Waals surface area contributed by atoms with E-state index < -0.39 is 33.7 Å². The maximum Gasteiger partial charge on any atom is 0.285 e. The maximum atomic E-state index is 13.1. The Labute approximate surface area is 112 Å². The Bertz CT molecular complexity index is 675. The summed E-state index contributed by atoms with van der Waals surface area (Å²) in [6.45, 7) is 0. The lowest BCUT2D eigenvalue weighted by Crippen LogP contribution is -2.14. The van der Waals surface area contributed by atoms with Crippen LogP contribution in [-0.4, -0.2) is 10.8 Å². The molecule has 20 heavy (non-hydrogen) atoms. The standard InChI is InChI=1S/C13H8F2N2O3/c14-10-6-9(12(17(19)20)7-11(10)15)13(18)16-8-4-2-1-3-5-8/h1-7H,(H,16,18). The third-order valence-corrected chi connectivity index (χ3v) is 2.51. The Kier molecular flexibility index (Phi) is 3.69. The van der Waals surface area contributed by atoms with Crippen LogP contribution in [0.15, 0.2) is 42.5 Å². The molecule has 102 valence electrons. The van der Waals surface area contributed by atoms with E-state index in [1.807, 2.05) is 0 Å². The van der Waals surface area contributed by atoms with E-state index in [-0.39, 0.29) is 0 Å². The van der Waals surface area contributed by atoms with Crippen LogP contribution in [-0.2, 0) is 0 Å². The predicted octanol–water partition coefficient (Wildman–Crippen LogP) is 3.13. The molecule has 1 amide bonds. The van der Waals surface area contributed by atoms with Crippen molar-refractivity contribution in [2.75, 3.05) is 5.32 Å². The third-order valence-electron chi connectivity index (χ3n) is 2.51. The number of carbonyl (C=O) groups is 1. The second-order valence-corrected chi connectivity index (χ2v) is 3.86. The van der Waals surface area contributed by atoms with Crippen molar-refractivity contribution in [1.29, 1.82) is 0 Å². The molecule has 0 fully saturated rings. The second-order valence-electron chi connectivity index (χ2n) is 3.86. The van der Waals surface area contributed by atoms with Crippen LogP contribution in [0.25, 0.3) is 0 Å². The van der Waals surface area contributed by atoms with Crippen molar-refractivity contribution in [1.82, 2.24) is 0 Å². The van der Waals surface area contributed by atoms with Gasteiger partial charge in [0.25, 0.3) is 11.6 Å². The number of carbonyl (C=O) groups excluding carboxylic acids is 1. The van der Waals surface area contributed by atoms with Gasteiger partial charge >= 0.3 is 0 Å². The van der Waals surface area contributed by atoms with Crippen LogP contribution < -0.4 is 5.32 Å². The summed E-state index contributed by atoms with van der Waals surface area (Å²) < 4.78 is 26.1. The lowest BCUT2D eigenvalue weighted by Gasteiger charge is -2.06. The van der Waals surface area contributed by atoms with E-state index in [4.69, 9.17) is 0 Å². The van der Waals surface area contributed by atoms with Gasteiger partial charge in [-0.05, 0) is 18.2 Å². The zero-order valence-electron chi connectivity index (χ0n) is 9.97. The molecule has 0 unspecified atom stereocenters. The summed E-state index contributed by atoms with van der Waals surface area (Å²) in [5.41, 5.74) is -0.952. The van der Waals surface area contributed by atoms with Crippen molar-refractivity contribution < 1.29 is 18.5 Å². The fourth-order valence-corrected chi connectivity index (χ4v) is 1.59. The summed E-state index contributed by atoms with van der Waals surface area (Å²) in [4.78, 5) is 21.7. The number of halogens is 2. The summed E-state index contributed by atoms with van der Waals surface area (Å²) in [7, 11) is 0. The fraction of sp³-hybridized carbons (Fsp3) is 0. The monoisotopic (exact) mass is 278 g/mol. The molecule has 0 saturated heterocycles. The largest absolute Gasteiger partial charge is 0.322 e. The molecule has 0 aliphatic carbocycles. The summed E-state index contributed by atoms with van der Waals surface area (Å²) in [6.07, 6.45) is 0.